The molecule has 0 saturated carbocycles. The maximum Gasteiger partial charge on any atom is 0.188 e. The zero-order valence-electron chi connectivity index (χ0n) is 10.2. The molecule has 1 aliphatic heterocycles. The van der Waals surface area contributed by atoms with Gasteiger partial charge in [-0.2, -0.15) is 0 Å². The van der Waals surface area contributed by atoms with Crippen molar-refractivity contribution in [2.75, 3.05) is 4.90 Å². The normalized spacial score (nSPS) is 16.5. The molecule has 1 radical (unpaired) electrons. The maximum absolute atomic E-state index is 2.39. The van der Waals surface area contributed by atoms with E-state index in [0.29, 0.717) is 0 Å². The largest absolute Gasteiger partial charge is 0.344 e. The molecular formula is C15H15BN. The van der Waals surface area contributed by atoms with Crippen LogP contribution in [0.2, 0.25) is 0 Å². The Kier molecular flexibility index (Phi) is 2.25. The quantitative estimate of drug-likeness (QED) is 0.668. The molecule has 0 aliphatic carbocycles. The molecule has 0 fully saturated rings. The molecule has 83 valence electrons. The molecule has 0 saturated heterocycles. The zero-order valence-corrected chi connectivity index (χ0v) is 10.2. The average molecular weight is 220 g/mol. The summed E-state index contributed by atoms with van der Waals surface area (Å²) in [7, 11) is 2.33. The van der Waals surface area contributed by atoms with Crippen molar-refractivity contribution in [3.05, 3.63) is 54.6 Å². The summed E-state index contributed by atoms with van der Waals surface area (Å²) in [6.07, 6.45) is 0. The standard InChI is InChI=1S/C15H15BN/c1-15(2)16-13-10-6-7-11-14(13)17(15)12-8-4-3-5-9-12/h3-11H,1-2H3. The highest BCUT2D eigenvalue weighted by Gasteiger charge is 2.37. The van der Waals surface area contributed by atoms with Gasteiger partial charge in [-0.15, -0.1) is 0 Å². The van der Waals surface area contributed by atoms with Crippen molar-refractivity contribution in [1.29, 1.82) is 0 Å². The third-order valence-electron chi connectivity index (χ3n) is 3.28. The Labute approximate surface area is 103 Å². The maximum atomic E-state index is 2.39. The van der Waals surface area contributed by atoms with E-state index in [1.807, 2.05) is 0 Å². The van der Waals surface area contributed by atoms with Crippen LogP contribution in [0.25, 0.3) is 0 Å². The van der Waals surface area contributed by atoms with Crippen LogP contribution in [0.4, 0.5) is 11.4 Å². The monoisotopic (exact) mass is 220 g/mol. The van der Waals surface area contributed by atoms with Crippen molar-refractivity contribution in [2.24, 2.45) is 0 Å². The van der Waals surface area contributed by atoms with Gasteiger partial charge in [0.2, 0.25) is 0 Å². The fourth-order valence-electron chi connectivity index (χ4n) is 2.62. The number of para-hydroxylation sites is 2. The van der Waals surface area contributed by atoms with Crippen molar-refractivity contribution >= 4 is 24.1 Å². The van der Waals surface area contributed by atoms with E-state index in [0.717, 1.165) is 0 Å². The van der Waals surface area contributed by atoms with E-state index in [1.54, 1.807) is 0 Å². The summed E-state index contributed by atoms with van der Waals surface area (Å²) in [5.41, 5.74) is 3.90. The molecule has 0 aromatic heterocycles. The minimum Gasteiger partial charge on any atom is -0.344 e. The van der Waals surface area contributed by atoms with Crippen LogP contribution in [0, 0.1) is 0 Å². The Bertz CT molecular complexity index is 534. The van der Waals surface area contributed by atoms with Gasteiger partial charge in [0.05, 0.1) is 0 Å². The van der Waals surface area contributed by atoms with Crippen molar-refractivity contribution in [3.63, 3.8) is 0 Å². The topological polar surface area (TPSA) is 3.24 Å². The first kappa shape index (κ1) is 10.5. The molecule has 1 aliphatic rings. The Morgan fingerprint density at radius 2 is 1.53 bits per heavy atom. The first-order valence-electron chi connectivity index (χ1n) is 5.99. The van der Waals surface area contributed by atoms with Gasteiger partial charge in [-0.25, -0.2) is 0 Å². The van der Waals surface area contributed by atoms with Gasteiger partial charge in [-0.1, -0.05) is 41.9 Å². The summed E-state index contributed by atoms with van der Waals surface area (Å²) in [5.74, 6) is 0. The third-order valence-corrected chi connectivity index (χ3v) is 3.28. The molecule has 1 nitrogen and oxygen atoms in total. The highest BCUT2D eigenvalue weighted by atomic mass is 15.2. The van der Waals surface area contributed by atoms with Gasteiger partial charge >= 0.3 is 0 Å². The lowest BCUT2D eigenvalue weighted by molar-refractivity contribution is 0.714. The van der Waals surface area contributed by atoms with Gasteiger partial charge in [0.25, 0.3) is 0 Å². The first-order valence-corrected chi connectivity index (χ1v) is 5.99. The van der Waals surface area contributed by atoms with Crippen LogP contribution in [-0.2, 0) is 0 Å². The molecule has 0 unspecified atom stereocenters. The van der Waals surface area contributed by atoms with Crippen LogP contribution in [0.5, 0.6) is 0 Å². The molecule has 1 heterocycles. The van der Waals surface area contributed by atoms with Crippen LogP contribution in [-0.4, -0.2) is 12.7 Å². The van der Waals surface area contributed by atoms with Crippen molar-refractivity contribution in [2.45, 2.75) is 19.3 Å². The van der Waals surface area contributed by atoms with E-state index >= 15 is 0 Å². The predicted molar refractivity (Wildman–Crippen MR) is 74.5 cm³/mol. The fraction of sp³-hybridized carbons (Fsp3) is 0.200. The Hall–Kier alpha value is -1.70. The molecule has 0 amide bonds. The number of benzene rings is 2. The second-order valence-electron chi connectivity index (χ2n) is 5.03. The highest BCUT2D eigenvalue weighted by Crippen LogP contribution is 2.35. The molecule has 17 heavy (non-hydrogen) atoms. The number of hydrogen-bond acceptors (Lipinski definition) is 1. The smallest absolute Gasteiger partial charge is 0.188 e. The molecule has 2 heteroatoms. The van der Waals surface area contributed by atoms with Crippen LogP contribution >= 0.6 is 0 Å². The van der Waals surface area contributed by atoms with Crippen LogP contribution < -0.4 is 10.4 Å². The number of fused-ring (bicyclic) bond motifs is 1. The van der Waals surface area contributed by atoms with Crippen LogP contribution in [0.3, 0.4) is 0 Å². The van der Waals surface area contributed by atoms with Crippen molar-refractivity contribution in [1.82, 2.24) is 0 Å². The zero-order chi connectivity index (χ0) is 11.9. The summed E-state index contributed by atoms with van der Waals surface area (Å²) in [5, 5.41) is 0. The summed E-state index contributed by atoms with van der Waals surface area (Å²) in [6, 6.07) is 19.1. The summed E-state index contributed by atoms with van der Waals surface area (Å²) < 4.78 is 0. The first-order chi connectivity index (χ1) is 8.18. The van der Waals surface area contributed by atoms with Gasteiger partial charge < -0.3 is 4.90 Å². The molecule has 0 N–H and O–H groups in total. The van der Waals surface area contributed by atoms with Crippen LogP contribution in [0.1, 0.15) is 13.8 Å². The molecule has 0 bridgehead atoms. The minimum atomic E-state index is 0.0328. The third kappa shape index (κ3) is 1.64. The van der Waals surface area contributed by atoms with Gasteiger partial charge in [0.1, 0.15) is 0 Å². The number of hydrogen-bond donors (Lipinski definition) is 0. The van der Waals surface area contributed by atoms with Gasteiger partial charge in [0, 0.05) is 16.8 Å². The van der Waals surface area contributed by atoms with Gasteiger partial charge in [-0.3, -0.25) is 0 Å². The lowest BCUT2D eigenvalue weighted by atomic mass is 9.58. The lowest BCUT2D eigenvalue weighted by Gasteiger charge is -2.34. The number of rotatable bonds is 1. The second kappa shape index (κ2) is 3.66. The van der Waals surface area contributed by atoms with Crippen LogP contribution in [0.15, 0.2) is 54.6 Å². The Balaban J connectivity index is 2.15. The summed E-state index contributed by atoms with van der Waals surface area (Å²) in [6.45, 7) is 4.50. The van der Waals surface area contributed by atoms with E-state index in [4.69, 9.17) is 0 Å². The van der Waals surface area contributed by atoms with E-state index in [2.05, 4.69) is 80.6 Å². The van der Waals surface area contributed by atoms with E-state index < -0.39 is 0 Å². The predicted octanol–water partition coefficient (Wildman–Crippen LogP) is 2.90. The molecule has 2 aromatic carbocycles. The molecule has 0 spiro atoms. The van der Waals surface area contributed by atoms with Gasteiger partial charge in [0.15, 0.2) is 7.28 Å². The summed E-state index contributed by atoms with van der Waals surface area (Å²) >= 11 is 0. The lowest BCUT2D eigenvalue weighted by Crippen LogP contribution is -2.41. The van der Waals surface area contributed by atoms with E-state index in [1.165, 1.54) is 16.8 Å². The Morgan fingerprint density at radius 1 is 0.882 bits per heavy atom. The SMILES string of the molecule is CC1(C)[B]c2ccccc2N1c1ccccc1. The molecule has 0 atom stereocenters. The van der Waals surface area contributed by atoms with Crippen molar-refractivity contribution in [3.8, 4) is 0 Å². The molecule has 2 aromatic rings. The van der Waals surface area contributed by atoms with E-state index in [-0.39, 0.29) is 5.44 Å². The second-order valence-corrected chi connectivity index (χ2v) is 5.03. The number of anilines is 2. The molecular weight excluding hydrogens is 205 g/mol. The molecule has 3 rings (SSSR count). The minimum absolute atomic E-state index is 0.0328. The van der Waals surface area contributed by atoms with Crippen molar-refractivity contribution < 1.29 is 0 Å². The number of nitrogens with zero attached hydrogens (tertiary/aromatic N) is 1. The highest BCUT2D eigenvalue weighted by molar-refractivity contribution is 6.62. The fourth-order valence-corrected chi connectivity index (χ4v) is 2.62. The average Bonchev–Trinajstić information content (AvgIpc) is 2.60. The Morgan fingerprint density at radius 3 is 2.29 bits per heavy atom. The van der Waals surface area contributed by atoms with E-state index in [9.17, 15) is 0 Å². The van der Waals surface area contributed by atoms with Gasteiger partial charge in [-0.05, 0) is 32.0 Å². The summed E-state index contributed by atoms with van der Waals surface area (Å²) in [4.78, 5) is 2.39.